The highest BCUT2D eigenvalue weighted by Gasteiger charge is 2.20. The number of nitrogens with zero attached hydrogens (tertiary/aromatic N) is 2. The summed E-state index contributed by atoms with van der Waals surface area (Å²) in [6.45, 7) is 6.47. The van der Waals surface area contributed by atoms with Gasteiger partial charge >= 0.3 is 0 Å². The minimum absolute atomic E-state index is 0.00901. The molecule has 0 atom stereocenters. The second-order valence-corrected chi connectivity index (χ2v) is 7.32. The highest BCUT2D eigenvalue weighted by Crippen LogP contribution is 2.24. The highest BCUT2D eigenvalue weighted by atomic mass is 32.2. The highest BCUT2D eigenvalue weighted by molar-refractivity contribution is 7.99. The van der Waals surface area contributed by atoms with E-state index in [1.54, 1.807) is 12.3 Å². The van der Waals surface area contributed by atoms with Gasteiger partial charge in [0.15, 0.2) is 0 Å². The maximum atomic E-state index is 12.8. The first-order chi connectivity index (χ1) is 9.61. The third kappa shape index (κ3) is 7.17. The second kappa shape index (κ2) is 6.98. The van der Waals surface area contributed by atoms with E-state index in [0.29, 0.717) is 16.9 Å². The Balaban J connectivity index is 2.81. The first-order valence-electron chi connectivity index (χ1n) is 6.44. The van der Waals surface area contributed by atoms with E-state index in [2.05, 4.69) is 14.7 Å². The fourth-order valence-corrected chi connectivity index (χ4v) is 1.79. The van der Waals surface area contributed by atoms with Crippen LogP contribution in [0, 0.1) is 5.41 Å². The number of anilines is 1. The number of rotatable bonds is 6. The van der Waals surface area contributed by atoms with Gasteiger partial charge in [0.2, 0.25) is 0 Å². The van der Waals surface area contributed by atoms with Gasteiger partial charge in [-0.05, 0) is 38.8 Å². The molecule has 0 amide bonds. The molecule has 0 aliphatic carbocycles. The molecule has 116 valence electrons. The van der Waals surface area contributed by atoms with E-state index < -0.39 is 12.5 Å². The van der Waals surface area contributed by atoms with Gasteiger partial charge in [0, 0.05) is 23.4 Å². The van der Waals surface area contributed by atoms with E-state index >= 15 is 0 Å². The van der Waals surface area contributed by atoms with Gasteiger partial charge in [0.1, 0.15) is 0 Å². The van der Waals surface area contributed by atoms with Gasteiger partial charge in [-0.25, -0.2) is 13.2 Å². The van der Waals surface area contributed by atoms with E-state index in [1.807, 2.05) is 20.8 Å². The number of hydrogen-bond acceptors (Lipinski definition) is 5. The second-order valence-electron chi connectivity index (χ2n) is 5.70. The fraction of sp³-hybridized carbons (Fsp3) is 0.500. The Labute approximate surface area is 128 Å². The zero-order chi connectivity index (χ0) is 16.1. The molecule has 1 rings (SSSR count). The van der Waals surface area contributed by atoms with Crippen molar-refractivity contribution in [1.82, 2.24) is 4.98 Å². The summed E-state index contributed by atoms with van der Waals surface area (Å²) >= 11 is 1.42. The Morgan fingerprint density at radius 1 is 1.38 bits per heavy atom. The molecule has 1 aromatic heterocycles. The van der Waals surface area contributed by atoms with Gasteiger partial charge in [-0.15, -0.1) is 0 Å². The van der Waals surface area contributed by atoms with Crippen LogP contribution < -0.4 is 5.32 Å². The normalized spacial score (nSPS) is 12.7. The standard InChI is InChI=1S/C14H20F2N4S/c1-13(2,3)21-20-7-11-5-10(6-17)12(8-18-11)19-9-14(4,15)16/h5-8,17,19H,9H2,1-4H3/b17-6?,20-7+. The van der Waals surface area contributed by atoms with Crippen LogP contribution in [0.25, 0.3) is 0 Å². The lowest BCUT2D eigenvalue weighted by Crippen LogP contribution is -2.23. The number of alkyl halides is 2. The van der Waals surface area contributed by atoms with Crippen LogP contribution in [0.2, 0.25) is 0 Å². The first-order valence-corrected chi connectivity index (χ1v) is 7.22. The van der Waals surface area contributed by atoms with E-state index in [0.717, 1.165) is 13.1 Å². The Morgan fingerprint density at radius 3 is 2.57 bits per heavy atom. The number of pyridine rings is 1. The van der Waals surface area contributed by atoms with E-state index in [-0.39, 0.29) is 4.75 Å². The van der Waals surface area contributed by atoms with Gasteiger partial charge in [-0.3, -0.25) is 4.98 Å². The summed E-state index contributed by atoms with van der Waals surface area (Å²) in [7, 11) is 0. The van der Waals surface area contributed by atoms with Crippen LogP contribution >= 0.6 is 11.9 Å². The topological polar surface area (TPSA) is 61.1 Å². The maximum Gasteiger partial charge on any atom is 0.262 e. The molecule has 1 aromatic rings. The lowest BCUT2D eigenvalue weighted by atomic mass is 10.2. The molecule has 0 aliphatic heterocycles. The van der Waals surface area contributed by atoms with Crippen molar-refractivity contribution in [2.45, 2.75) is 38.4 Å². The summed E-state index contributed by atoms with van der Waals surface area (Å²) in [6.07, 6.45) is 4.14. The van der Waals surface area contributed by atoms with Crippen molar-refractivity contribution in [2.75, 3.05) is 11.9 Å². The number of halogens is 2. The van der Waals surface area contributed by atoms with Crippen LogP contribution in [0.5, 0.6) is 0 Å². The lowest BCUT2D eigenvalue weighted by molar-refractivity contribution is 0.0367. The summed E-state index contributed by atoms with van der Waals surface area (Å²) in [5, 5.41) is 9.96. The van der Waals surface area contributed by atoms with Crippen molar-refractivity contribution < 1.29 is 8.78 Å². The van der Waals surface area contributed by atoms with Crippen LogP contribution in [0.15, 0.2) is 16.7 Å². The van der Waals surface area contributed by atoms with Gasteiger partial charge in [0.05, 0.1) is 30.3 Å². The molecule has 21 heavy (non-hydrogen) atoms. The largest absolute Gasteiger partial charge is 0.377 e. The molecule has 0 saturated carbocycles. The molecule has 0 saturated heterocycles. The smallest absolute Gasteiger partial charge is 0.262 e. The monoisotopic (exact) mass is 314 g/mol. The minimum atomic E-state index is -2.82. The van der Waals surface area contributed by atoms with Gasteiger partial charge < -0.3 is 10.7 Å². The van der Waals surface area contributed by atoms with Crippen LogP contribution in [0.3, 0.4) is 0 Å². The van der Waals surface area contributed by atoms with Crippen LogP contribution in [0.1, 0.15) is 39.0 Å². The molecule has 0 radical (unpaired) electrons. The van der Waals surface area contributed by atoms with Gasteiger partial charge in [-0.2, -0.15) is 0 Å². The third-order valence-electron chi connectivity index (χ3n) is 2.21. The fourth-order valence-electron chi connectivity index (χ4n) is 1.31. The van der Waals surface area contributed by atoms with Crippen molar-refractivity contribution in [3.63, 3.8) is 0 Å². The molecule has 4 nitrogen and oxygen atoms in total. The van der Waals surface area contributed by atoms with E-state index in [9.17, 15) is 8.78 Å². The van der Waals surface area contributed by atoms with Gasteiger partial charge in [-0.1, -0.05) is 0 Å². The van der Waals surface area contributed by atoms with E-state index in [1.165, 1.54) is 18.1 Å². The Bertz CT molecular complexity index is 519. The molecule has 0 bridgehead atoms. The zero-order valence-electron chi connectivity index (χ0n) is 12.6. The minimum Gasteiger partial charge on any atom is -0.377 e. The molecule has 7 heteroatoms. The quantitative estimate of drug-likeness (QED) is 0.616. The molecular formula is C14H20F2N4S. The average Bonchev–Trinajstić information content (AvgIpc) is 2.34. The number of aromatic nitrogens is 1. The third-order valence-corrected chi connectivity index (χ3v) is 2.97. The molecule has 0 spiro atoms. The maximum absolute atomic E-state index is 12.8. The predicted molar refractivity (Wildman–Crippen MR) is 86.2 cm³/mol. The van der Waals surface area contributed by atoms with E-state index in [4.69, 9.17) is 5.41 Å². The average molecular weight is 314 g/mol. The lowest BCUT2D eigenvalue weighted by Gasteiger charge is -2.14. The Kier molecular flexibility index (Phi) is 5.83. The first kappa shape index (κ1) is 17.6. The summed E-state index contributed by atoms with van der Waals surface area (Å²) in [5.41, 5.74) is 1.49. The molecule has 1 heterocycles. The SMILES string of the molecule is CC(F)(F)CNc1cnc(/C=N/SC(C)(C)C)cc1C=N. The Morgan fingerprint density at radius 2 is 2.05 bits per heavy atom. The number of hydrogen-bond donors (Lipinski definition) is 2. The summed E-state index contributed by atoms with van der Waals surface area (Å²) in [4.78, 5) is 4.13. The zero-order valence-corrected chi connectivity index (χ0v) is 13.4. The summed E-state index contributed by atoms with van der Waals surface area (Å²) < 4.78 is 29.9. The molecule has 0 aliphatic rings. The Hall–Kier alpha value is -1.50. The van der Waals surface area contributed by atoms with Crippen molar-refractivity contribution in [2.24, 2.45) is 4.40 Å². The molecule has 0 aromatic carbocycles. The van der Waals surface area contributed by atoms with Crippen molar-refractivity contribution in [3.05, 3.63) is 23.5 Å². The molecule has 2 N–H and O–H groups in total. The van der Waals surface area contributed by atoms with Crippen molar-refractivity contribution in [1.29, 1.82) is 5.41 Å². The van der Waals surface area contributed by atoms with Crippen LogP contribution in [-0.4, -0.2) is 34.6 Å². The van der Waals surface area contributed by atoms with Crippen LogP contribution in [-0.2, 0) is 0 Å². The van der Waals surface area contributed by atoms with Crippen molar-refractivity contribution in [3.8, 4) is 0 Å². The number of nitrogens with one attached hydrogen (secondary N) is 2. The molecule has 0 unspecified atom stereocenters. The van der Waals surface area contributed by atoms with Crippen LogP contribution in [0.4, 0.5) is 14.5 Å². The van der Waals surface area contributed by atoms with Crippen molar-refractivity contribution >= 4 is 30.1 Å². The molecular weight excluding hydrogens is 294 g/mol. The summed E-state index contributed by atoms with van der Waals surface area (Å²) in [5.74, 6) is -2.82. The van der Waals surface area contributed by atoms with Gasteiger partial charge in [0.25, 0.3) is 5.92 Å². The summed E-state index contributed by atoms with van der Waals surface area (Å²) in [6, 6.07) is 1.63. The predicted octanol–water partition coefficient (Wildman–Crippen LogP) is 4.01. The molecule has 0 fully saturated rings.